The van der Waals surface area contributed by atoms with Gasteiger partial charge in [0, 0.05) is 18.7 Å². The van der Waals surface area contributed by atoms with Crippen molar-refractivity contribution in [3.63, 3.8) is 0 Å². The second kappa shape index (κ2) is 13.3. The van der Waals surface area contributed by atoms with Crippen LogP contribution < -0.4 is 16.0 Å². The van der Waals surface area contributed by atoms with Gasteiger partial charge in [0.2, 0.25) is 5.91 Å². The van der Waals surface area contributed by atoms with E-state index in [4.69, 9.17) is 19.5 Å². The molecule has 1 aromatic carbocycles. The van der Waals surface area contributed by atoms with Gasteiger partial charge in [-0.05, 0) is 57.4 Å². The van der Waals surface area contributed by atoms with E-state index in [9.17, 15) is 23.6 Å². The SMILES string of the molecule is CCOC(=O)c1sc2c(c1C)c(=O)n([C@H](C)C(=O)N1CCCC1)c(=O)n2C[C@H](OCCC#N)c1cc(F)ccc1OC. The molecule has 42 heavy (non-hydrogen) atoms. The molecule has 2 aromatic heterocycles. The number of hydrogen-bond acceptors (Lipinski definition) is 9. The van der Waals surface area contributed by atoms with Crippen LogP contribution in [0, 0.1) is 24.1 Å². The molecular weight excluding hydrogens is 567 g/mol. The zero-order valence-corrected chi connectivity index (χ0v) is 24.8. The Bertz CT molecular complexity index is 1650. The highest BCUT2D eigenvalue weighted by Gasteiger charge is 2.31. The maximum atomic E-state index is 14.4. The molecule has 0 spiro atoms. The maximum absolute atomic E-state index is 14.4. The van der Waals surface area contributed by atoms with E-state index in [1.54, 1.807) is 18.7 Å². The lowest BCUT2D eigenvalue weighted by atomic mass is 10.1. The topological polar surface area (TPSA) is 133 Å². The normalized spacial score (nSPS) is 14.5. The van der Waals surface area contributed by atoms with Crippen LogP contribution in [0.1, 0.15) is 66.1 Å². The summed E-state index contributed by atoms with van der Waals surface area (Å²) in [4.78, 5) is 56.1. The number of carbonyl (C=O) groups excluding carboxylic acids is 2. The molecular formula is C29H33FN4O7S. The van der Waals surface area contributed by atoms with E-state index in [2.05, 4.69) is 0 Å². The number of nitrogens with zero attached hydrogens (tertiary/aromatic N) is 4. The molecule has 0 aliphatic carbocycles. The van der Waals surface area contributed by atoms with E-state index >= 15 is 0 Å². The monoisotopic (exact) mass is 600 g/mol. The molecule has 0 unspecified atom stereocenters. The summed E-state index contributed by atoms with van der Waals surface area (Å²) in [7, 11) is 1.41. The van der Waals surface area contributed by atoms with E-state index in [1.165, 1.54) is 36.8 Å². The lowest BCUT2D eigenvalue weighted by Gasteiger charge is -2.24. The number of aryl methyl sites for hydroxylation is 1. The minimum Gasteiger partial charge on any atom is -0.496 e. The Kier molecular flexibility index (Phi) is 9.80. The number of halogens is 1. The standard InChI is InChI=1S/C29H33FN4O7S/c1-5-40-28(37)24-17(2)23-26(36)34(18(3)25(35)32-12-6-7-13-32)29(38)33(27(23)42-24)16-22(41-14-8-11-31)20-15-19(30)9-10-21(20)39-4/h9-10,15,18,22H,5-8,12-14,16H2,1-4H3/t18-,22+/m1/s1. The molecule has 0 radical (unpaired) electrons. The molecule has 1 aliphatic rings. The van der Waals surface area contributed by atoms with Gasteiger partial charge in [0.1, 0.15) is 33.4 Å². The predicted octanol–water partition coefficient (Wildman–Crippen LogP) is 3.71. The zero-order valence-electron chi connectivity index (χ0n) is 24.0. The summed E-state index contributed by atoms with van der Waals surface area (Å²) in [6, 6.07) is 4.74. The Morgan fingerprint density at radius 1 is 1.21 bits per heavy atom. The van der Waals surface area contributed by atoms with Gasteiger partial charge < -0.3 is 19.1 Å². The number of esters is 1. The first-order chi connectivity index (χ1) is 20.1. The van der Waals surface area contributed by atoms with Gasteiger partial charge in [-0.2, -0.15) is 5.26 Å². The molecule has 1 fully saturated rings. The quantitative estimate of drug-likeness (QED) is 0.240. The molecule has 3 aromatic rings. The van der Waals surface area contributed by atoms with Crippen LogP contribution in [-0.2, 0) is 20.8 Å². The number of thiophene rings is 1. The summed E-state index contributed by atoms with van der Waals surface area (Å²) >= 11 is 0.926. The molecule has 1 amide bonds. The molecule has 13 heteroatoms. The number of carbonyl (C=O) groups is 2. The van der Waals surface area contributed by atoms with Crippen LogP contribution in [0.5, 0.6) is 5.75 Å². The van der Waals surface area contributed by atoms with Crippen molar-refractivity contribution in [1.29, 1.82) is 5.26 Å². The minimum absolute atomic E-state index is 0.0280. The van der Waals surface area contributed by atoms with Gasteiger partial charge in [-0.25, -0.2) is 18.5 Å². The number of likely N-dealkylation sites (tertiary alicyclic amines) is 1. The number of hydrogen-bond donors (Lipinski definition) is 0. The van der Waals surface area contributed by atoms with E-state index in [-0.39, 0.29) is 52.7 Å². The fourth-order valence-corrected chi connectivity index (χ4v) is 6.38. The fourth-order valence-electron chi connectivity index (χ4n) is 5.18. The molecule has 224 valence electrons. The van der Waals surface area contributed by atoms with Gasteiger partial charge in [-0.1, -0.05) is 0 Å². The third-order valence-electron chi connectivity index (χ3n) is 7.29. The summed E-state index contributed by atoms with van der Waals surface area (Å²) in [5.41, 5.74) is -0.866. The Morgan fingerprint density at radius 3 is 2.57 bits per heavy atom. The average molecular weight is 601 g/mol. The molecule has 3 heterocycles. The molecule has 0 N–H and O–H groups in total. The molecule has 0 saturated carbocycles. The van der Waals surface area contributed by atoms with Crippen LogP contribution in [0.25, 0.3) is 10.2 Å². The van der Waals surface area contributed by atoms with Crippen molar-refractivity contribution >= 4 is 33.4 Å². The van der Waals surface area contributed by atoms with Crippen molar-refractivity contribution in [3.05, 3.63) is 60.9 Å². The second-order valence-electron chi connectivity index (χ2n) is 9.89. The predicted molar refractivity (Wildman–Crippen MR) is 153 cm³/mol. The van der Waals surface area contributed by atoms with Crippen LogP contribution in [0.2, 0.25) is 0 Å². The summed E-state index contributed by atoms with van der Waals surface area (Å²) in [6.07, 6.45) is 0.708. The first-order valence-corrected chi connectivity index (χ1v) is 14.5. The van der Waals surface area contributed by atoms with Crippen molar-refractivity contribution in [1.82, 2.24) is 14.0 Å². The average Bonchev–Trinajstić information content (AvgIpc) is 3.63. The molecule has 0 bridgehead atoms. The summed E-state index contributed by atoms with van der Waals surface area (Å²) in [5, 5.41) is 9.19. The van der Waals surface area contributed by atoms with Gasteiger partial charge >= 0.3 is 11.7 Å². The number of aromatic nitrogens is 2. The molecule has 11 nitrogen and oxygen atoms in total. The third-order valence-corrected chi connectivity index (χ3v) is 8.58. The number of benzene rings is 1. The van der Waals surface area contributed by atoms with Crippen LogP contribution >= 0.6 is 11.3 Å². The van der Waals surface area contributed by atoms with Crippen LogP contribution in [0.15, 0.2) is 27.8 Å². The van der Waals surface area contributed by atoms with Crippen LogP contribution in [0.4, 0.5) is 4.39 Å². The number of amides is 1. The van der Waals surface area contributed by atoms with Crippen molar-refractivity contribution in [2.45, 2.75) is 58.7 Å². The van der Waals surface area contributed by atoms with Gasteiger partial charge in [0.15, 0.2) is 0 Å². The molecule has 1 aliphatic heterocycles. The lowest BCUT2D eigenvalue weighted by Crippen LogP contribution is -2.47. The Hall–Kier alpha value is -4.02. The van der Waals surface area contributed by atoms with Gasteiger partial charge in [-0.15, -0.1) is 11.3 Å². The number of nitriles is 1. The van der Waals surface area contributed by atoms with E-state index < -0.39 is 35.2 Å². The van der Waals surface area contributed by atoms with Gasteiger partial charge in [-0.3, -0.25) is 14.2 Å². The van der Waals surface area contributed by atoms with Crippen LogP contribution in [-0.4, -0.2) is 59.3 Å². The number of ether oxygens (including phenoxy) is 3. The third kappa shape index (κ3) is 5.96. The van der Waals surface area contributed by atoms with E-state index in [1.807, 2.05) is 6.07 Å². The minimum atomic E-state index is -1.12. The lowest BCUT2D eigenvalue weighted by molar-refractivity contribution is -0.133. The maximum Gasteiger partial charge on any atom is 0.348 e. The molecule has 2 atom stereocenters. The number of fused-ring (bicyclic) bond motifs is 1. The highest BCUT2D eigenvalue weighted by molar-refractivity contribution is 7.20. The number of rotatable bonds is 11. The molecule has 4 rings (SSSR count). The summed E-state index contributed by atoms with van der Waals surface area (Å²) in [5.74, 6) is -1.27. The van der Waals surface area contributed by atoms with Crippen LogP contribution in [0.3, 0.4) is 0 Å². The Morgan fingerprint density at radius 2 is 1.93 bits per heavy atom. The highest BCUT2D eigenvalue weighted by atomic mass is 32.1. The summed E-state index contributed by atoms with van der Waals surface area (Å²) < 4.78 is 33.2. The van der Waals surface area contributed by atoms with Crippen molar-refractivity contribution in [3.8, 4) is 11.8 Å². The van der Waals surface area contributed by atoms with E-state index in [0.717, 1.165) is 28.7 Å². The second-order valence-corrected chi connectivity index (χ2v) is 10.9. The van der Waals surface area contributed by atoms with Crippen molar-refractivity contribution in [2.24, 2.45) is 0 Å². The molecule has 1 saturated heterocycles. The zero-order chi connectivity index (χ0) is 30.6. The Balaban J connectivity index is 1.96. The summed E-state index contributed by atoms with van der Waals surface area (Å²) in [6.45, 7) is 5.68. The number of methoxy groups -OCH3 is 1. The smallest absolute Gasteiger partial charge is 0.348 e. The largest absolute Gasteiger partial charge is 0.496 e. The first kappa shape index (κ1) is 30.9. The highest BCUT2D eigenvalue weighted by Crippen LogP contribution is 2.33. The van der Waals surface area contributed by atoms with E-state index in [0.29, 0.717) is 24.4 Å². The van der Waals surface area contributed by atoms with Crippen molar-refractivity contribution < 1.29 is 28.2 Å². The van der Waals surface area contributed by atoms with Crippen molar-refractivity contribution in [2.75, 3.05) is 33.4 Å². The first-order valence-electron chi connectivity index (χ1n) is 13.7. The Labute approximate surface area is 245 Å². The fraction of sp³-hybridized carbons (Fsp3) is 0.483. The van der Waals surface area contributed by atoms with Gasteiger partial charge in [0.25, 0.3) is 5.56 Å². The van der Waals surface area contributed by atoms with Gasteiger partial charge in [0.05, 0.1) is 44.7 Å².